The number of nitrogens with zero attached hydrogens (tertiary/aromatic N) is 3. The highest BCUT2D eigenvalue weighted by molar-refractivity contribution is 6.33. The summed E-state index contributed by atoms with van der Waals surface area (Å²) in [6, 6.07) is 1.45. The molecule has 0 atom stereocenters. The number of hydrogen-bond donors (Lipinski definition) is 1. The maximum absolute atomic E-state index is 12.0. The Labute approximate surface area is 139 Å². The number of pyridine rings is 1. The second-order valence-electron chi connectivity index (χ2n) is 6.28. The molecule has 23 heavy (non-hydrogen) atoms. The number of anilines is 1. The SMILES string of the molecule is CC(C)(C)OC(=O)N1CCN(c2cc(C(=O)O)c(Cl)cn2)CC1. The zero-order valence-corrected chi connectivity index (χ0v) is 14.1. The van der Waals surface area contributed by atoms with Crippen molar-refractivity contribution in [2.45, 2.75) is 26.4 Å². The van der Waals surface area contributed by atoms with E-state index in [2.05, 4.69) is 4.98 Å². The lowest BCUT2D eigenvalue weighted by molar-refractivity contribution is 0.0240. The third-order valence-corrected chi connectivity index (χ3v) is 3.63. The van der Waals surface area contributed by atoms with Gasteiger partial charge in [0, 0.05) is 32.4 Å². The van der Waals surface area contributed by atoms with E-state index in [1.165, 1.54) is 12.3 Å². The normalized spacial score (nSPS) is 15.5. The van der Waals surface area contributed by atoms with Crippen LogP contribution in [0.4, 0.5) is 10.6 Å². The van der Waals surface area contributed by atoms with Gasteiger partial charge >= 0.3 is 12.1 Å². The fourth-order valence-electron chi connectivity index (χ4n) is 2.21. The number of carbonyl (C=O) groups is 2. The molecule has 1 aliphatic rings. The van der Waals surface area contributed by atoms with Gasteiger partial charge in [-0.05, 0) is 26.8 Å². The Morgan fingerprint density at radius 2 is 1.87 bits per heavy atom. The zero-order valence-electron chi connectivity index (χ0n) is 13.4. The van der Waals surface area contributed by atoms with Crippen LogP contribution in [0.2, 0.25) is 5.02 Å². The van der Waals surface area contributed by atoms with Gasteiger partial charge in [0.1, 0.15) is 11.4 Å². The third kappa shape index (κ3) is 4.48. The summed E-state index contributed by atoms with van der Waals surface area (Å²) in [4.78, 5) is 30.9. The first-order chi connectivity index (χ1) is 10.7. The van der Waals surface area contributed by atoms with E-state index in [9.17, 15) is 9.59 Å². The molecule has 1 aromatic heterocycles. The van der Waals surface area contributed by atoms with Gasteiger partial charge in [0.15, 0.2) is 0 Å². The molecular weight excluding hydrogens is 322 g/mol. The van der Waals surface area contributed by atoms with Crippen LogP contribution in [0.1, 0.15) is 31.1 Å². The molecule has 7 nitrogen and oxygen atoms in total. The Kier molecular flexibility index (Phi) is 4.99. The molecule has 1 aromatic rings. The maximum Gasteiger partial charge on any atom is 0.410 e. The topological polar surface area (TPSA) is 83.0 Å². The van der Waals surface area contributed by atoms with E-state index < -0.39 is 11.6 Å². The number of carbonyl (C=O) groups excluding carboxylic acids is 1. The zero-order chi connectivity index (χ0) is 17.2. The van der Waals surface area contributed by atoms with Gasteiger partial charge in [0.25, 0.3) is 0 Å². The summed E-state index contributed by atoms with van der Waals surface area (Å²) in [5.74, 6) is -0.554. The van der Waals surface area contributed by atoms with Crippen molar-refractivity contribution in [2.75, 3.05) is 31.1 Å². The smallest absolute Gasteiger partial charge is 0.410 e. The third-order valence-electron chi connectivity index (χ3n) is 3.33. The Morgan fingerprint density at radius 3 is 2.39 bits per heavy atom. The lowest BCUT2D eigenvalue weighted by atomic mass is 10.2. The number of aromatic carboxylic acids is 1. The summed E-state index contributed by atoms with van der Waals surface area (Å²) in [7, 11) is 0. The predicted molar refractivity (Wildman–Crippen MR) is 86.2 cm³/mol. The maximum atomic E-state index is 12.0. The number of amides is 1. The number of ether oxygens (including phenoxy) is 1. The molecule has 1 saturated heterocycles. The van der Waals surface area contributed by atoms with Gasteiger partial charge in [0.2, 0.25) is 0 Å². The molecule has 0 unspecified atom stereocenters. The number of carboxylic acid groups (broad SMARTS) is 1. The molecule has 2 rings (SSSR count). The molecule has 1 aliphatic heterocycles. The van der Waals surface area contributed by atoms with Crippen LogP contribution < -0.4 is 4.90 Å². The number of carboxylic acids is 1. The van der Waals surface area contributed by atoms with Gasteiger partial charge in [-0.25, -0.2) is 14.6 Å². The number of aromatic nitrogens is 1. The predicted octanol–water partition coefficient (Wildman–Crippen LogP) is 2.49. The molecule has 126 valence electrons. The van der Waals surface area contributed by atoms with Crippen LogP contribution in [0, 0.1) is 0 Å². The molecular formula is C15H20ClN3O4. The Morgan fingerprint density at radius 1 is 1.26 bits per heavy atom. The van der Waals surface area contributed by atoms with Crippen molar-refractivity contribution in [2.24, 2.45) is 0 Å². The quantitative estimate of drug-likeness (QED) is 0.889. The molecule has 1 N–H and O–H groups in total. The standard InChI is InChI=1S/C15H20ClN3O4/c1-15(2,3)23-14(22)19-6-4-18(5-7-19)12-8-10(13(20)21)11(16)9-17-12/h8-9H,4-7H2,1-3H3,(H,20,21). The van der Waals surface area contributed by atoms with Crippen LogP contribution in [-0.4, -0.2) is 58.8 Å². The second-order valence-corrected chi connectivity index (χ2v) is 6.69. The van der Waals surface area contributed by atoms with Crippen molar-refractivity contribution in [3.05, 3.63) is 22.8 Å². The summed E-state index contributed by atoms with van der Waals surface area (Å²) in [6.07, 6.45) is 0.994. The summed E-state index contributed by atoms with van der Waals surface area (Å²) < 4.78 is 5.34. The van der Waals surface area contributed by atoms with Crippen molar-refractivity contribution in [1.82, 2.24) is 9.88 Å². The number of hydrogen-bond acceptors (Lipinski definition) is 5. The van der Waals surface area contributed by atoms with E-state index in [0.717, 1.165) is 0 Å². The van der Waals surface area contributed by atoms with Gasteiger partial charge in [-0.3, -0.25) is 0 Å². The minimum Gasteiger partial charge on any atom is -0.478 e. The molecule has 8 heteroatoms. The summed E-state index contributed by atoms with van der Waals surface area (Å²) in [5.41, 5.74) is -0.506. The Hall–Kier alpha value is -2.02. The number of halogens is 1. The second kappa shape index (κ2) is 6.62. The van der Waals surface area contributed by atoms with E-state index in [4.69, 9.17) is 21.4 Å². The average Bonchev–Trinajstić information content (AvgIpc) is 2.46. The van der Waals surface area contributed by atoms with E-state index in [0.29, 0.717) is 32.0 Å². The van der Waals surface area contributed by atoms with Gasteiger partial charge in [-0.15, -0.1) is 0 Å². The monoisotopic (exact) mass is 341 g/mol. The molecule has 0 radical (unpaired) electrons. The van der Waals surface area contributed by atoms with Gasteiger partial charge < -0.3 is 19.6 Å². The fourth-order valence-corrected chi connectivity index (χ4v) is 2.39. The number of rotatable bonds is 2. The first-order valence-electron chi connectivity index (χ1n) is 7.29. The van der Waals surface area contributed by atoms with Crippen molar-refractivity contribution in [3.8, 4) is 0 Å². The highest BCUT2D eigenvalue weighted by Crippen LogP contribution is 2.22. The van der Waals surface area contributed by atoms with Crippen molar-refractivity contribution >= 4 is 29.5 Å². The largest absolute Gasteiger partial charge is 0.478 e. The fraction of sp³-hybridized carbons (Fsp3) is 0.533. The summed E-state index contributed by atoms with van der Waals surface area (Å²) in [6.45, 7) is 7.55. The van der Waals surface area contributed by atoms with Crippen LogP contribution in [0.5, 0.6) is 0 Å². The van der Waals surface area contributed by atoms with E-state index >= 15 is 0 Å². The molecule has 0 aliphatic carbocycles. The molecule has 2 heterocycles. The highest BCUT2D eigenvalue weighted by Gasteiger charge is 2.26. The molecule has 0 spiro atoms. The van der Waals surface area contributed by atoms with E-state index in [1.54, 1.807) is 4.90 Å². The molecule has 0 saturated carbocycles. The first-order valence-corrected chi connectivity index (χ1v) is 7.67. The Balaban J connectivity index is 2.01. The average molecular weight is 342 g/mol. The minimum atomic E-state index is -1.09. The van der Waals surface area contributed by atoms with Crippen LogP contribution in [0.15, 0.2) is 12.3 Å². The van der Waals surface area contributed by atoms with E-state index in [-0.39, 0.29) is 16.7 Å². The van der Waals surface area contributed by atoms with Crippen molar-refractivity contribution in [3.63, 3.8) is 0 Å². The van der Waals surface area contributed by atoms with Gasteiger partial charge in [-0.1, -0.05) is 11.6 Å². The molecule has 1 amide bonds. The minimum absolute atomic E-state index is 0.0197. The lowest BCUT2D eigenvalue weighted by Crippen LogP contribution is -2.50. The van der Waals surface area contributed by atoms with Gasteiger partial charge in [-0.2, -0.15) is 0 Å². The molecule has 0 aromatic carbocycles. The van der Waals surface area contributed by atoms with Crippen LogP contribution in [0.3, 0.4) is 0 Å². The van der Waals surface area contributed by atoms with Crippen LogP contribution in [-0.2, 0) is 4.74 Å². The van der Waals surface area contributed by atoms with Crippen molar-refractivity contribution < 1.29 is 19.4 Å². The van der Waals surface area contributed by atoms with Crippen LogP contribution in [0.25, 0.3) is 0 Å². The lowest BCUT2D eigenvalue weighted by Gasteiger charge is -2.36. The Bertz CT molecular complexity index is 607. The van der Waals surface area contributed by atoms with Crippen LogP contribution >= 0.6 is 11.6 Å². The molecule has 1 fully saturated rings. The van der Waals surface area contributed by atoms with Gasteiger partial charge in [0.05, 0.1) is 10.6 Å². The first kappa shape index (κ1) is 17.3. The summed E-state index contributed by atoms with van der Waals surface area (Å²) >= 11 is 5.83. The number of piperazine rings is 1. The van der Waals surface area contributed by atoms with E-state index in [1.807, 2.05) is 25.7 Å². The van der Waals surface area contributed by atoms with Crippen molar-refractivity contribution in [1.29, 1.82) is 0 Å². The summed E-state index contributed by atoms with van der Waals surface area (Å²) in [5, 5.41) is 9.22. The highest BCUT2D eigenvalue weighted by atomic mass is 35.5. The molecule has 0 bridgehead atoms.